The number of hydrogen-bond donors (Lipinski definition) is 0. The fourth-order valence-electron chi connectivity index (χ4n) is 1.78. The van der Waals surface area contributed by atoms with Gasteiger partial charge in [0.2, 0.25) is 9.04 Å². The molecule has 0 atom stereocenters. The first-order valence-electron chi connectivity index (χ1n) is 6.71. The Hall–Kier alpha value is -0.633. The zero-order valence-corrected chi connectivity index (χ0v) is 16.2. The number of hydrogen-bond acceptors (Lipinski definition) is 4. The van der Waals surface area contributed by atoms with Crippen LogP contribution in [0.4, 0.5) is 0 Å². The maximum atomic E-state index is 12.3. The van der Waals surface area contributed by atoms with E-state index in [1.165, 1.54) is 0 Å². The summed E-state index contributed by atoms with van der Waals surface area (Å²) in [5, 5.41) is 0. The lowest BCUT2D eigenvalue weighted by Gasteiger charge is -2.24. The van der Waals surface area contributed by atoms with Crippen LogP contribution in [0.2, 0.25) is 13.1 Å². The number of carbonyl (C=O) groups is 1. The highest BCUT2D eigenvalue weighted by Gasteiger charge is 2.29. The van der Waals surface area contributed by atoms with E-state index in [4.69, 9.17) is 9.16 Å². The van der Waals surface area contributed by atoms with Gasteiger partial charge in [-0.2, -0.15) is 0 Å². The van der Waals surface area contributed by atoms with Crippen LogP contribution in [-0.2, 0) is 10.2 Å². The second-order valence-corrected chi connectivity index (χ2v) is 9.29. The van der Waals surface area contributed by atoms with Gasteiger partial charge in [0, 0.05) is 11.6 Å². The van der Waals surface area contributed by atoms with Crippen molar-refractivity contribution in [1.82, 2.24) is 4.98 Å². The van der Waals surface area contributed by atoms with Crippen LogP contribution >= 0.6 is 22.6 Å². The summed E-state index contributed by atoms with van der Waals surface area (Å²) < 4.78 is 12.0. The van der Waals surface area contributed by atoms with Crippen LogP contribution in [0.15, 0.2) is 6.20 Å². The number of nitrogens with zero attached hydrogens (tertiary/aromatic N) is 1. The highest BCUT2D eigenvalue weighted by molar-refractivity contribution is 14.1. The van der Waals surface area contributed by atoms with E-state index in [2.05, 4.69) is 40.7 Å². The maximum absolute atomic E-state index is 12.3. The number of ether oxygens (including phenoxy) is 1. The van der Waals surface area contributed by atoms with Crippen LogP contribution in [-0.4, -0.2) is 26.6 Å². The number of aromatic nitrogens is 1. The van der Waals surface area contributed by atoms with Crippen molar-refractivity contribution in [2.45, 2.75) is 46.2 Å². The molecule has 112 valence electrons. The first-order chi connectivity index (χ1) is 9.18. The fraction of sp³-hybridized carbons (Fsp3) is 0.571. The van der Waals surface area contributed by atoms with E-state index in [1.807, 2.05) is 20.8 Å². The second-order valence-electron chi connectivity index (χ2n) is 5.80. The van der Waals surface area contributed by atoms with Gasteiger partial charge in [0.15, 0.2) is 0 Å². The molecule has 0 fully saturated rings. The Labute approximate surface area is 136 Å². The Morgan fingerprint density at radius 1 is 1.40 bits per heavy atom. The molecule has 0 saturated heterocycles. The number of rotatable bonds is 4. The molecule has 1 heterocycles. The number of halogens is 1. The molecule has 0 aromatic carbocycles. The SMILES string of the molecule is CCOC(=O)c1c(C(C)(C)C)ncc(I)c1O[SiH](C)C. The van der Waals surface area contributed by atoms with Gasteiger partial charge in [0.25, 0.3) is 0 Å². The molecule has 0 saturated carbocycles. The van der Waals surface area contributed by atoms with E-state index in [0.717, 1.165) is 9.26 Å². The van der Waals surface area contributed by atoms with Gasteiger partial charge < -0.3 is 9.16 Å². The minimum atomic E-state index is -1.33. The van der Waals surface area contributed by atoms with Crippen molar-refractivity contribution < 1.29 is 14.0 Å². The average molecular weight is 407 g/mol. The predicted molar refractivity (Wildman–Crippen MR) is 91.1 cm³/mol. The summed E-state index contributed by atoms with van der Waals surface area (Å²) in [4.78, 5) is 16.8. The summed E-state index contributed by atoms with van der Waals surface area (Å²) in [6, 6.07) is 0. The van der Waals surface area contributed by atoms with Gasteiger partial charge in [-0.15, -0.1) is 0 Å². The fourth-order valence-corrected chi connectivity index (χ4v) is 3.28. The topological polar surface area (TPSA) is 48.4 Å². The van der Waals surface area contributed by atoms with Crippen LogP contribution < -0.4 is 4.43 Å². The smallest absolute Gasteiger partial charge is 0.343 e. The largest absolute Gasteiger partial charge is 0.546 e. The van der Waals surface area contributed by atoms with Crippen LogP contribution in [0.25, 0.3) is 0 Å². The normalized spacial score (nSPS) is 11.6. The molecular weight excluding hydrogens is 385 g/mol. The number of esters is 1. The summed E-state index contributed by atoms with van der Waals surface area (Å²) in [5.41, 5.74) is 0.955. The monoisotopic (exact) mass is 407 g/mol. The van der Waals surface area contributed by atoms with Crippen LogP contribution in [0, 0.1) is 3.57 Å². The summed E-state index contributed by atoms with van der Waals surface area (Å²) >= 11 is 2.15. The minimum Gasteiger partial charge on any atom is -0.546 e. The van der Waals surface area contributed by atoms with Gasteiger partial charge in [0.05, 0.1) is 15.9 Å². The van der Waals surface area contributed by atoms with Crippen molar-refractivity contribution in [3.05, 3.63) is 21.0 Å². The molecule has 0 aliphatic heterocycles. The molecule has 0 amide bonds. The van der Waals surface area contributed by atoms with Crippen LogP contribution in [0.3, 0.4) is 0 Å². The third-order valence-electron chi connectivity index (χ3n) is 2.53. The lowest BCUT2D eigenvalue weighted by Crippen LogP contribution is -2.24. The van der Waals surface area contributed by atoms with Crippen molar-refractivity contribution in [2.75, 3.05) is 6.61 Å². The molecular formula is C14H22INO3Si. The van der Waals surface area contributed by atoms with Crippen molar-refractivity contribution in [2.24, 2.45) is 0 Å². The molecule has 1 rings (SSSR count). The van der Waals surface area contributed by atoms with E-state index in [-0.39, 0.29) is 11.4 Å². The molecule has 0 bridgehead atoms. The van der Waals surface area contributed by atoms with E-state index in [0.29, 0.717) is 17.9 Å². The number of carbonyl (C=O) groups excluding carboxylic acids is 1. The Morgan fingerprint density at radius 3 is 2.45 bits per heavy atom. The second kappa shape index (κ2) is 6.88. The van der Waals surface area contributed by atoms with E-state index in [9.17, 15) is 4.79 Å². The van der Waals surface area contributed by atoms with E-state index >= 15 is 0 Å². The highest BCUT2D eigenvalue weighted by atomic mass is 127. The van der Waals surface area contributed by atoms with Crippen LogP contribution in [0.5, 0.6) is 5.75 Å². The van der Waals surface area contributed by atoms with Gasteiger partial charge >= 0.3 is 5.97 Å². The molecule has 0 radical (unpaired) electrons. The third-order valence-corrected chi connectivity index (χ3v) is 4.01. The molecule has 0 aliphatic carbocycles. The molecule has 6 heteroatoms. The van der Waals surface area contributed by atoms with Gasteiger partial charge in [-0.25, -0.2) is 4.79 Å². The van der Waals surface area contributed by atoms with Crippen molar-refractivity contribution in [1.29, 1.82) is 0 Å². The Balaban J connectivity index is 3.51. The zero-order chi connectivity index (χ0) is 15.5. The van der Waals surface area contributed by atoms with Gasteiger partial charge in [-0.1, -0.05) is 20.8 Å². The quantitative estimate of drug-likeness (QED) is 0.435. The molecule has 4 nitrogen and oxygen atoms in total. The highest BCUT2D eigenvalue weighted by Crippen LogP contribution is 2.34. The third kappa shape index (κ3) is 4.18. The predicted octanol–water partition coefficient (Wildman–Crippen LogP) is 3.52. The molecule has 1 aromatic heterocycles. The van der Waals surface area contributed by atoms with Crippen molar-refractivity contribution in [3.63, 3.8) is 0 Å². The van der Waals surface area contributed by atoms with Gasteiger partial charge in [-0.3, -0.25) is 4.98 Å². The first-order valence-corrected chi connectivity index (χ1v) is 10.6. The summed E-state index contributed by atoms with van der Waals surface area (Å²) in [7, 11) is -1.33. The maximum Gasteiger partial charge on any atom is 0.343 e. The number of pyridine rings is 1. The molecule has 0 spiro atoms. The molecule has 0 N–H and O–H groups in total. The van der Waals surface area contributed by atoms with Crippen LogP contribution in [0.1, 0.15) is 43.7 Å². The standard InChI is InChI=1S/C14H22INO3Si/c1-7-18-13(17)10-11(19-20(5)6)9(15)8-16-12(10)14(2,3)4/h8,20H,7H2,1-6H3. The Bertz CT molecular complexity index is 498. The van der Waals surface area contributed by atoms with Gasteiger partial charge in [0.1, 0.15) is 11.3 Å². The van der Waals surface area contributed by atoms with E-state index < -0.39 is 9.04 Å². The lowest BCUT2D eigenvalue weighted by atomic mass is 9.88. The molecule has 0 aliphatic rings. The lowest BCUT2D eigenvalue weighted by molar-refractivity contribution is 0.0520. The molecule has 20 heavy (non-hydrogen) atoms. The van der Waals surface area contributed by atoms with Gasteiger partial charge in [-0.05, 0) is 42.6 Å². The average Bonchev–Trinajstić information content (AvgIpc) is 2.29. The summed E-state index contributed by atoms with van der Waals surface area (Å²) in [6.07, 6.45) is 1.76. The van der Waals surface area contributed by atoms with Crippen molar-refractivity contribution in [3.8, 4) is 5.75 Å². The minimum absolute atomic E-state index is 0.247. The first kappa shape index (κ1) is 17.4. The Morgan fingerprint density at radius 2 is 2.00 bits per heavy atom. The molecule has 0 unspecified atom stereocenters. The molecule has 1 aromatic rings. The zero-order valence-electron chi connectivity index (χ0n) is 12.9. The Kier molecular flexibility index (Phi) is 6.00. The van der Waals surface area contributed by atoms with E-state index in [1.54, 1.807) is 13.1 Å². The van der Waals surface area contributed by atoms with Crippen molar-refractivity contribution >= 4 is 37.6 Å². The summed E-state index contributed by atoms with van der Waals surface area (Å²) in [6.45, 7) is 12.4. The summed E-state index contributed by atoms with van der Waals surface area (Å²) in [5.74, 6) is 0.277.